The van der Waals surface area contributed by atoms with Gasteiger partial charge in [0.15, 0.2) is 0 Å². The van der Waals surface area contributed by atoms with Crippen LogP contribution in [0.5, 0.6) is 5.75 Å². The van der Waals surface area contributed by atoms with E-state index in [9.17, 15) is 23.1 Å². The Kier molecular flexibility index (Phi) is 10.2. The molecule has 5 rings (SSSR count). The Balaban J connectivity index is 1.40. The fourth-order valence-corrected chi connectivity index (χ4v) is 5.94. The standard InChI is InChI=1S/C36H34ClF3N2O3/c1-25(45-33-17-9-16-32-29(33)19-21-42(32)24-34(43)44)18-20-41(22-28-14-8-15-31(35(28)37)36(38,39)40)23-30(26-10-4-2-5-11-26)27-12-6-3-7-13-27/h2-17,19,21,25,30H,18,20,22-24H2,1H3,(H,43,44). The normalized spacial score (nSPS) is 12.6. The molecule has 0 aliphatic carbocycles. The third-order valence-electron chi connectivity index (χ3n) is 7.88. The van der Waals surface area contributed by atoms with Gasteiger partial charge in [-0.1, -0.05) is 90.5 Å². The molecule has 4 aromatic carbocycles. The summed E-state index contributed by atoms with van der Waals surface area (Å²) < 4.78 is 49.1. The molecule has 1 unspecified atom stereocenters. The second kappa shape index (κ2) is 14.2. The molecule has 1 aromatic heterocycles. The van der Waals surface area contributed by atoms with Gasteiger partial charge in [-0.15, -0.1) is 0 Å². The fourth-order valence-electron chi connectivity index (χ4n) is 5.65. The smallest absolute Gasteiger partial charge is 0.417 e. The van der Waals surface area contributed by atoms with Crippen LogP contribution in [0.4, 0.5) is 13.2 Å². The first kappa shape index (κ1) is 32.1. The van der Waals surface area contributed by atoms with E-state index >= 15 is 0 Å². The molecule has 5 aromatic rings. The summed E-state index contributed by atoms with van der Waals surface area (Å²) in [5, 5.41) is 9.77. The highest BCUT2D eigenvalue weighted by atomic mass is 35.5. The summed E-state index contributed by atoms with van der Waals surface area (Å²) in [5.74, 6) is -0.323. The molecule has 0 amide bonds. The maximum atomic E-state index is 13.7. The average molecular weight is 635 g/mol. The van der Waals surface area contributed by atoms with Crippen LogP contribution < -0.4 is 4.74 Å². The zero-order valence-corrected chi connectivity index (χ0v) is 25.5. The minimum Gasteiger partial charge on any atom is -0.490 e. The molecule has 0 bridgehead atoms. The van der Waals surface area contributed by atoms with Crippen molar-refractivity contribution in [2.45, 2.75) is 44.6 Å². The first-order valence-corrected chi connectivity index (χ1v) is 15.1. The number of fused-ring (bicyclic) bond motifs is 1. The summed E-state index contributed by atoms with van der Waals surface area (Å²) in [4.78, 5) is 13.4. The number of carbonyl (C=O) groups is 1. The van der Waals surface area contributed by atoms with Gasteiger partial charge < -0.3 is 14.4 Å². The minimum absolute atomic E-state index is 0.0315. The second-order valence-electron chi connectivity index (χ2n) is 11.1. The number of alkyl halides is 3. The Hall–Kier alpha value is -4.27. The number of halogens is 4. The molecule has 0 spiro atoms. The average Bonchev–Trinajstić information content (AvgIpc) is 3.42. The monoisotopic (exact) mass is 634 g/mol. The summed E-state index contributed by atoms with van der Waals surface area (Å²) in [7, 11) is 0. The van der Waals surface area contributed by atoms with E-state index in [1.807, 2.05) is 67.6 Å². The Morgan fingerprint density at radius 3 is 2.18 bits per heavy atom. The first-order valence-electron chi connectivity index (χ1n) is 14.7. The Morgan fingerprint density at radius 2 is 1.56 bits per heavy atom. The lowest BCUT2D eigenvalue weighted by Crippen LogP contribution is -2.32. The van der Waals surface area contributed by atoms with E-state index < -0.39 is 17.7 Å². The molecule has 0 fully saturated rings. The Morgan fingerprint density at radius 1 is 0.911 bits per heavy atom. The molecule has 5 nitrogen and oxygen atoms in total. The highest BCUT2D eigenvalue weighted by Gasteiger charge is 2.34. The predicted octanol–water partition coefficient (Wildman–Crippen LogP) is 8.89. The SMILES string of the molecule is CC(CCN(Cc1cccc(C(F)(F)F)c1Cl)CC(c1ccccc1)c1ccccc1)Oc1cccc2c1ccn2CC(=O)O. The molecular formula is C36H34ClF3N2O3. The lowest BCUT2D eigenvalue weighted by Gasteiger charge is -2.30. The van der Waals surface area contributed by atoms with Crippen LogP contribution in [0.3, 0.4) is 0 Å². The van der Waals surface area contributed by atoms with Gasteiger partial charge >= 0.3 is 12.1 Å². The number of aliphatic carboxylic acids is 1. The van der Waals surface area contributed by atoms with Crippen LogP contribution in [0, 0.1) is 0 Å². The molecule has 0 aliphatic rings. The van der Waals surface area contributed by atoms with E-state index in [0.717, 1.165) is 28.1 Å². The van der Waals surface area contributed by atoms with E-state index in [-0.39, 0.29) is 30.1 Å². The van der Waals surface area contributed by atoms with Gasteiger partial charge in [0.05, 0.1) is 22.2 Å². The quantitative estimate of drug-likeness (QED) is 0.141. The molecule has 0 aliphatic heterocycles. The fraction of sp³-hybridized carbons (Fsp3) is 0.250. The maximum Gasteiger partial charge on any atom is 0.417 e. The molecule has 234 valence electrons. The number of aromatic nitrogens is 1. The predicted molar refractivity (Wildman–Crippen MR) is 171 cm³/mol. The van der Waals surface area contributed by atoms with Crippen LogP contribution >= 0.6 is 11.6 Å². The second-order valence-corrected chi connectivity index (χ2v) is 11.5. The summed E-state index contributed by atoms with van der Waals surface area (Å²) in [6, 6.07) is 31.5. The van der Waals surface area contributed by atoms with Gasteiger partial charge in [0.1, 0.15) is 12.3 Å². The van der Waals surface area contributed by atoms with E-state index in [1.165, 1.54) is 6.07 Å². The first-order chi connectivity index (χ1) is 21.6. The lowest BCUT2D eigenvalue weighted by atomic mass is 9.90. The topological polar surface area (TPSA) is 54.7 Å². The van der Waals surface area contributed by atoms with Crippen molar-refractivity contribution in [1.29, 1.82) is 0 Å². The van der Waals surface area contributed by atoms with E-state index in [4.69, 9.17) is 16.3 Å². The van der Waals surface area contributed by atoms with Crippen LogP contribution in [-0.4, -0.2) is 39.7 Å². The minimum atomic E-state index is -4.55. The zero-order valence-electron chi connectivity index (χ0n) is 24.8. The van der Waals surface area contributed by atoms with Gasteiger partial charge in [-0.25, -0.2) is 0 Å². The molecule has 0 radical (unpaired) electrons. The van der Waals surface area contributed by atoms with Crippen LogP contribution in [0.2, 0.25) is 5.02 Å². The highest BCUT2D eigenvalue weighted by molar-refractivity contribution is 6.32. The van der Waals surface area contributed by atoms with Gasteiger partial charge in [0.2, 0.25) is 0 Å². The largest absolute Gasteiger partial charge is 0.490 e. The van der Waals surface area contributed by atoms with Crippen molar-refractivity contribution >= 4 is 28.5 Å². The number of hydrogen-bond acceptors (Lipinski definition) is 3. The van der Waals surface area contributed by atoms with Gasteiger partial charge in [-0.3, -0.25) is 9.69 Å². The number of benzene rings is 4. The van der Waals surface area contributed by atoms with E-state index in [0.29, 0.717) is 30.8 Å². The molecule has 1 atom stereocenters. The third kappa shape index (κ3) is 8.07. The summed E-state index contributed by atoms with van der Waals surface area (Å²) >= 11 is 6.36. The molecule has 45 heavy (non-hydrogen) atoms. The van der Waals surface area contributed by atoms with Crippen molar-refractivity contribution in [2.75, 3.05) is 13.1 Å². The van der Waals surface area contributed by atoms with Crippen LogP contribution in [0.1, 0.15) is 41.5 Å². The Labute approximate surface area is 265 Å². The highest BCUT2D eigenvalue weighted by Crippen LogP contribution is 2.37. The molecule has 0 saturated carbocycles. The number of rotatable bonds is 13. The van der Waals surface area contributed by atoms with Crippen molar-refractivity contribution in [3.8, 4) is 5.75 Å². The molecule has 1 heterocycles. The molecule has 1 N–H and O–H groups in total. The third-order valence-corrected chi connectivity index (χ3v) is 8.33. The van der Waals surface area contributed by atoms with Crippen LogP contribution in [0.25, 0.3) is 10.9 Å². The Bertz CT molecular complexity index is 1690. The summed E-state index contributed by atoms with van der Waals surface area (Å²) in [6.45, 7) is 3.09. The van der Waals surface area contributed by atoms with E-state index in [1.54, 1.807) is 16.8 Å². The van der Waals surface area contributed by atoms with Gasteiger partial charge in [0.25, 0.3) is 0 Å². The molecule has 0 saturated heterocycles. The van der Waals surface area contributed by atoms with Crippen molar-refractivity contribution in [3.63, 3.8) is 0 Å². The number of nitrogens with zero attached hydrogens (tertiary/aromatic N) is 2. The number of ether oxygens (including phenoxy) is 1. The van der Waals surface area contributed by atoms with Crippen molar-refractivity contribution in [1.82, 2.24) is 9.47 Å². The molecular weight excluding hydrogens is 601 g/mol. The van der Waals surface area contributed by atoms with E-state index in [2.05, 4.69) is 29.2 Å². The van der Waals surface area contributed by atoms with Gasteiger partial charge in [0, 0.05) is 37.1 Å². The van der Waals surface area contributed by atoms with Gasteiger partial charge in [-0.05, 0) is 54.3 Å². The number of carboxylic acid groups (broad SMARTS) is 1. The molecule has 9 heteroatoms. The van der Waals surface area contributed by atoms with Crippen LogP contribution in [-0.2, 0) is 24.1 Å². The summed E-state index contributed by atoms with van der Waals surface area (Å²) in [5.41, 5.74) is 2.53. The number of carboxylic acids is 1. The van der Waals surface area contributed by atoms with Crippen molar-refractivity contribution < 1.29 is 27.8 Å². The van der Waals surface area contributed by atoms with Crippen molar-refractivity contribution in [3.05, 3.63) is 137 Å². The maximum absolute atomic E-state index is 13.7. The summed E-state index contributed by atoms with van der Waals surface area (Å²) in [6.07, 6.45) is -2.49. The number of hydrogen-bond donors (Lipinski definition) is 1. The van der Waals surface area contributed by atoms with Crippen LogP contribution in [0.15, 0.2) is 109 Å². The lowest BCUT2D eigenvalue weighted by molar-refractivity contribution is -0.138. The van der Waals surface area contributed by atoms with Crippen molar-refractivity contribution in [2.24, 2.45) is 0 Å². The zero-order chi connectivity index (χ0) is 32.0. The van der Waals surface area contributed by atoms with Gasteiger partial charge in [-0.2, -0.15) is 13.2 Å².